The molecule has 3 rings (SSSR count). The van der Waals surface area contributed by atoms with Gasteiger partial charge in [-0.25, -0.2) is 15.0 Å². The van der Waals surface area contributed by atoms with Crippen LogP contribution in [0.1, 0.15) is 11.3 Å². The van der Waals surface area contributed by atoms with Gasteiger partial charge in [0.2, 0.25) is 0 Å². The number of anilines is 1. The molecule has 0 radical (unpaired) electrons. The highest BCUT2D eigenvalue weighted by atomic mass is 16.3. The van der Waals surface area contributed by atoms with Gasteiger partial charge in [0.05, 0.1) is 0 Å². The molecular weight excluding hydrogens is 254 g/mol. The van der Waals surface area contributed by atoms with E-state index in [1.54, 1.807) is 6.07 Å². The Balaban J connectivity index is 1.84. The van der Waals surface area contributed by atoms with Crippen LogP contribution in [-0.2, 0) is 6.54 Å². The van der Waals surface area contributed by atoms with Crippen LogP contribution in [0.3, 0.4) is 0 Å². The molecule has 98 valence electrons. The number of hydrogen-bond acceptors (Lipinski definition) is 6. The third-order valence-corrected chi connectivity index (χ3v) is 2.97. The molecule has 0 saturated carbocycles. The van der Waals surface area contributed by atoms with Gasteiger partial charge in [0.25, 0.3) is 0 Å². The lowest BCUT2D eigenvalue weighted by Crippen LogP contribution is -2.17. The van der Waals surface area contributed by atoms with E-state index in [1.807, 2.05) is 36.2 Å². The van der Waals surface area contributed by atoms with E-state index >= 15 is 0 Å². The number of aromatic nitrogens is 3. The first-order valence-electron chi connectivity index (χ1n) is 6.01. The third-order valence-electron chi connectivity index (χ3n) is 2.97. The van der Waals surface area contributed by atoms with Crippen LogP contribution in [-0.4, -0.2) is 22.0 Å². The van der Waals surface area contributed by atoms with Gasteiger partial charge in [-0.15, -0.1) is 0 Å². The summed E-state index contributed by atoms with van der Waals surface area (Å²) in [4.78, 5) is 14.1. The molecule has 3 aromatic rings. The van der Waals surface area contributed by atoms with Gasteiger partial charge in [0, 0.05) is 19.7 Å². The number of fused-ring (bicyclic) bond motifs is 1. The Bertz CT molecular complexity index is 789. The molecule has 2 aromatic heterocycles. The maximum absolute atomic E-state index is 8.85. The maximum Gasteiger partial charge on any atom is 0.181 e. The SMILES string of the molecule is CN(Cc1ccc2ncoc2c1)c1cc(C#N)ncn1. The largest absolute Gasteiger partial charge is 0.443 e. The third kappa shape index (κ3) is 2.29. The Morgan fingerprint density at radius 3 is 3.00 bits per heavy atom. The second-order valence-corrected chi connectivity index (χ2v) is 4.38. The first-order chi connectivity index (χ1) is 9.76. The predicted molar refractivity (Wildman–Crippen MR) is 72.9 cm³/mol. The molecule has 0 N–H and O–H groups in total. The molecule has 0 saturated heterocycles. The van der Waals surface area contributed by atoms with Crippen LogP contribution in [0.2, 0.25) is 0 Å². The van der Waals surface area contributed by atoms with Crippen molar-refractivity contribution in [3.05, 3.63) is 48.2 Å². The molecule has 0 aliphatic heterocycles. The Morgan fingerprint density at radius 2 is 2.15 bits per heavy atom. The lowest BCUT2D eigenvalue weighted by Gasteiger charge is -2.17. The van der Waals surface area contributed by atoms with Gasteiger partial charge >= 0.3 is 0 Å². The van der Waals surface area contributed by atoms with Crippen molar-refractivity contribution in [2.75, 3.05) is 11.9 Å². The average Bonchev–Trinajstić information content (AvgIpc) is 2.95. The van der Waals surface area contributed by atoms with Gasteiger partial charge in [-0.2, -0.15) is 5.26 Å². The number of hydrogen-bond donors (Lipinski definition) is 0. The van der Waals surface area contributed by atoms with Crippen LogP contribution >= 0.6 is 0 Å². The second kappa shape index (κ2) is 4.97. The molecule has 0 spiro atoms. The minimum atomic E-state index is 0.354. The first-order valence-corrected chi connectivity index (χ1v) is 6.01. The normalized spacial score (nSPS) is 10.4. The first kappa shape index (κ1) is 12.1. The summed E-state index contributed by atoms with van der Waals surface area (Å²) in [6, 6.07) is 9.53. The minimum Gasteiger partial charge on any atom is -0.443 e. The molecule has 2 heterocycles. The Kier molecular flexibility index (Phi) is 3.01. The number of nitriles is 1. The highest BCUT2D eigenvalue weighted by Gasteiger charge is 2.07. The lowest BCUT2D eigenvalue weighted by molar-refractivity contribution is 0.601. The zero-order valence-corrected chi connectivity index (χ0v) is 10.8. The van der Waals surface area contributed by atoms with Gasteiger partial charge in [-0.1, -0.05) is 6.07 Å². The highest BCUT2D eigenvalue weighted by Crippen LogP contribution is 2.17. The summed E-state index contributed by atoms with van der Waals surface area (Å²) in [6.45, 7) is 0.651. The van der Waals surface area contributed by atoms with Crippen LogP contribution in [0.5, 0.6) is 0 Å². The van der Waals surface area contributed by atoms with Crippen molar-refractivity contribution < 1.29 is 4.42 Å². The molecule has 1 aromatic carbocycles. The second-order valence-electron chi connectivity index (χ2n) is 4.38. The van der Waals surface area contributed by atoms with Crippen LogP contribution < -0.4 is 4.90 Å². The van der Waals surface area contributed by atoms with Crippen LogP contribution in [0.15, 0.2) is 41.4 Å². The Hall–Kier alpha value is -2.94. The number of benzene rings is 1. The number of nitrogens with zero attached hydrogens (tertiary/aromatic N) is 5. The standard InChI is InChI=1S/C14H11N5O/c1-19(14-5-11(6-15)16-8-17-14)7-10-2-3-12-13(4-10)20-9-18-12/h2-5,8-9H,7H2,1H3. The minimum absolute atomic E-state index is 0.354. The highest BCUT2D eigenvalue weighted by molar-refractivity contribution is 5.72. The van der Waals surface area contributed by atoms with Crippen molar-refractivity contribution >= 4 is 16.9 Å². The molecule has 6 heteroatoms. The summed E-state index contributed by atoms with van der Waals surface area (Å²) in [5, 5.41) is 8.85. The zero-order chi connectivity index (χ0) is 13.9. The molecule has 0 fully saturated rings. The van der Waals surface area contributed by atoms with E-state index in [9.17, 15) is 0 Å². The van der Waals surface area contributed by atoms with Gasteiger partial charge in [-0.3, -0.25) is 0 Å². The van der Waals surface area contributed by atoms with Gasteiger partial charge in [-0.05, 0) is 17.7 Å². The van der Waals surface area contributed by atoms with Crippen molar-refractivity contribution in [3.63, 3.8) is 0 Å². The van der Waals surface area contributed by atoms with Crippen molar-refractivity contribution in [3.8, 4) is 6.07 Å². The zero-order valence-electron chi connectivity index (χ0n) is 10.8. The Labute approximate surface area is 115 Å². The smallest absolute Gasteiger partial charge is 0.181 e. The van der Waals surface area contributed by atoms with Gasteiger partial charge in [0.1, 0.15) is 29.4 Å². The topological polar surface area (TPSA) is 78.8 Å². The number of oxazole rings is 1. The lowest BCUT2D eigenvalue weighted by atomic mass is 10.2. The van der Waals surface area contributed by atoms with Crippen LogP contribution in [0.25, 0.3) is 11.1 Å². The van der Waals surface area contributed by atoms with Gasteiger partial charge in [0.15, 0.2) is 12.0 Å². The fourth-order valence-electron chi connectivity index (χ4n) is 1.97. The van der Waals surface area contributed by atoms with Crippen molar-refractivity contribution in [1.82, 2.24) is 15.0 Å². The van der Waals surface area contributed by atoms with Gasteiger partial charge < -0.3 is 9.32 Å². The van der Waals surface area contributed by atoms with Crippen molar-refractivity contribution in [2.45, 2.75) is 6.54 Å². The van der Waals surface area contributed by atoms with E-state index in [0.29, 0.717) is 18.1 Å². The molecule has 0 bridgehead atoms. The fraction of sp³-hybridized carbons (Fsp3) is 0.143. The molecule has 0 aliphatic carbocycles. The molecular formula is C14H11N5O. The summed E-state index contributed by atoms with van der Waals surface area (Å²) >= 11 is 0. The molecule has 0 aliphatic rings. The fourth-order valence-corrected chi connectivity index (χ4v) is 1.97. The molecule has 20 heavy (non-hydrogen) atoms. The Morgan fingerprint density at radius 1 is 1.25 bits per heavy atom. The summed E-state index contributed by atoms with van der Waals surface area (Å²) in [6.07, 6.45) is 2.83. The maximum atomic E-state index is 8.85. The summed E-state index contributed by atoms with van der Waals surface area (Å²) in [5.74, 6) is 0.703. The molecule has 0 atom stereocenters. The molecule has 6 nitrogen and oxygen atoms in total. The van der Waals surface area contributed by atoms with Crippen LogP contribution in [0, 0.1) is 11.3 Å². The summed E-state index contributed by atoms with van der Waals surface area (Å²) < 4.78 is 5.28. The van der Waals surface area contributed by atoms with E-state index < -0.39 is 0 Å². The van der Waals surface area contributed by atoms with E-state index in [-0.39, 0.29) is 0 Å². The van der Waals surface area contributed by atoms with E-state index in [2.05, 4.69) is 15.0 Å². The van der Waals surface area contributed by atoms with Crippen molar-refractivity contribution in [2.24, 2.45) is 0 Å². The molecule has 0 unspecified atom stereocenters. The van der Waals surface area contributed by atoms with E-state index in [4.69, 9.17) is 9.68 Å². The number of rotatable bonds is 3. The molecule has 0 amide bonds. The monoisotopic (exact) mass is 265 g/mol. The quantitative estimate of drug-likeness (QED) is 0.721. The van der Waals surface area contributed by atoms with E-state index in [0.717, 1.165) is 16.7 Å². The van der Waals surface area contributed by atoms with E-state index in [1.165, 1.54) is 12.7 Å². The summed E-state index contributed by atoms with van der Waals surface area (Å²) in [5.41, 5.74) is 3.03. The predicted octanol–water partition coefficient (Wildman–Crippen LogP) is 2.13. The summed E-state index contributed by atoms with van der Waals surface area (Å²) in [7, 11) is 1.91. The van der Waals surface area contributed by atoms with Crippen molar-refractivity contribution in [1.29, 1.82) is 5.26 Å². The van der Waals surface area contributed by atoms with Crippen LogP contribution in [0.4, 0.5) is 5.82 Å². The average molecular weight is 265 g/mol.